The van der Waals surface area contributed by atoms with Crippen LogP contribution >= 0.6 is 11.6 Å². The van der Waals surface area contributed by atoms with E-state index in [0.29, 0.717) is 16.2 Å². The van der Waals surface area contributed by atoms with E-state index in [2.05, 4.69) is 10.1 Å². The molecule has 3 amide bonds. The van der Waals surface area contributed by atoms with Crippen LogP contribution in [-0.2, 0) is 14.3 Å². The van der Waals surface area contributed by atoms with Crippen molar-refractivity contribution in [1.29, 1.82) is 0 Å². The second-order valence-electron chi connectivity index (χ2n) is 5.66. The summed E-state index contributed by atoms with van der Waals surface area (Å²) in [5.41, 5.74) is 0.324. The number of furan rings is 1. The molecular weight excluding hydrogens is 392 g/mol. The molecule has 3 rings (SSSR count). The fourth-order valence-corrected chi connectivity index (χ4v) is 2.68. The van der Waals surface area contributed by atoms with Crippen molar-refractivity contribution < 1.29 is 33.4 Å². The number of hydrogen-bond donors (Lipinski definition) is 2. The number of aromatic carboxylic acids is 1. The van der Waals surface area contributed by atoms with Gasteiger partial charge in [-0.3, -0.25) is 9.59 Å². The van der Waals surface area contributed by atoms with Gasteiger partial charge in [-0.25, -0.2) is 14.5 Å². The van der Waals surface area contributed by atoms with Gasteiger partial charge in [0.15, 0.2) is 0 Å². The molecular formula is C18H13ClN2O7. The number of amides is 3. The van der Waals surface area contributed by atoms with Crippen LogP contribution < -0.4 is 5.32 Å². The third-order valence-electron chi connectivity index (χ3n) is 3.87. The minimum absolute atomic E-state index is 0.0721. The van der Waals surface area contributed by atoms with Gasteiger partial charge in [0.05, 0.1) is 17.7 Å². The summed E-state index contributed by atoms with van der Waals surface area (Å²) in [5.74, 6) is -2.03. The van der Waals surface area contributed by atoms with Crippen molar-refractivity contribution in [2.24, 2.45) is 0 Å². The summed E-state index contributed by atoms with van der Waals surface area (Å²) >= 11 is 5.85. The number of esters is 1. The summed E-state index contributed by atoms with van der Waals surface area (Å²) < 4.78 is 10.0. The van der Waals surface area contributed by atoms with Gasteiger partial charge in [-0.15, -0.1) is 0 Å². The smallest absolute Gasteiger partial charge is 0.337 e. The Bertz CT molecular complexity index is 1020. The molecule has 0 atom stereocenters. The van der Waals surface area contributed by atoms with Gasteiger partial charge in [0.1, 0.15) is 23.8 Å². The molecule has 0 radical (unpaired) electrons. The number of methoxy groups -OCH3 is 1. The Kier molecular flexibility index (Phi) is 5.18. The summed E-state index contributed by atoms with van der Waals surface area (Å²) in [4.78, 5) is 47.3. The lowest BCUT2D eigenvalue weighted by Crippen LogP contribution is -2.36. The summed E-state index contributed by atoms with van der Waals surface area (Å²) in [5, 5.41) is 11.6. The molecule has 0 unspecified atom stereocenters. The molecule has 1 aromatic heterocycles. The second-order valence-corrected chi connectivity index (χ2v) is 6.06. The van der Waals surface area contributed by atoms with E-state index in [1.807, 2.05) is 0 Å². The van der Waals surface area contributed by atoms with Gasteiger partial charge in [-0.05, 0) is 30.3 Å². The molecule has 1 aromatic carbocycles. The minimum Gasteiger partial charge on any atom is -0.478 e. The highest BCUT2D eigenvalue weighted by Gasteiger charge is 2.35. The molecule has 9 nitrogen and oxygen atoms in total. The van der Waals surface area contributed by atoms with Crippen LogP contribution in [-0.4, -0.2) is 47.5 Å². The summed E-state index contributed by atoms with van der Waals surface area (Å²) in [6.07, 6.45) is 1.30. The van der Waals surface area contributed by atoms with Crippen molar-refractivity contribution in [3.8, 4) is 11.3 Å². The van der Waals surface area contributed by atoms with Crippen molar-refractivity contribution in [1.82, 2.24) is 10.2 Å². The number of hydrogen-bond acceptors (Lipinski definition) is 6. The quantitative estimate of drug-likeness (QED) is 0.445. The highest BCUT2D eigenvalue weighted by atomic mass is 35.5. The van der Waals surface area contributed by atoms with E-state index in [9.17, 15) is 19.2 Å². The van der Waals surface area contributed by atoms with Crippen LogP contribution in [0.5, 0.6) is 0 Å². The topological polar surface area (TPSA) is 126 Å². The van der Waals surface area contributed by atoms with Gasteiger partial charge in [0.25, 0.3) is 5.91 Å². The van der Waals surface area contributed by atoms with E-state index in [0.717, 1.165) is 7.11 Å². The van der Waals surface area contributed by atoms with Gasteiger partial charge in [0.2, 0.25) is 0 Å². The lowest BCUT2D eigenvalue weighted by molar-refractivity contribution is -0.143. The van der Waals surface area contributed by atoms with Gasteiger partial charge in [0, 0.05) is 11.6 Å². The number of carbonyl (C=O) groups excluding carboxylic acids is 3. The maximum atomic E-state index is 12.3. The maximum Gasteiger partial charge on any atom is 0.337 e. The number of carbonyl (C=O) groups is 4. The molecule has 1 aliphatic rings. The number of nitrogens with zero attached hydrogens (tertiary/aromatic N) is 1. The van der Waals surface area contributed by atoms with Gasteiger partial charge in [-0.1, -0.05) is 11.6 Å². The number of carboxylic acid groups (broad SMARTS) is 1. The molecule has 10 heteroatoms. The molecule has 1 saturated heterocycles. The first-order valence-electron chi connectivity index (χ1n) is 7.84. The highest BCUT2D eigenvalue weighted by molar-refractivity contribution is 6.33. The average Bonchev–Trinajstić information content (AvgIpc) is 3.22. The fraction of sp³-hybridized carbons (Fsp3) is 0.111. The molecule has 0 bridgehead atoms. The first-order valence-corrected chi connectivity index (χ1v) is 8.22. The van der Waals surface area contributed by atoms with Crippen LogP contribution in [0.2, 0.25) is 5.02 Å². The lowest BCUT2D eigenvalue weighted by Gasteiger charge is -2.08. The summed E-state index contributed by atoms with van der Waals surface area (Å²) in [6, 6.07) is 6.75. The molecule has 0 spiro atoms. The number of halogens is 1. The Balaban J connectivity index is 1.84. The summed E-state index contributed by atoms with van der Waals surface area (Å²) in [7, 11) is 1.15. The number of rotatable bonds is 5. The van der Waals surface area contributed by atoms with Gasteiger partial charge in [-0.2, -0.15) is 0 Å². The van der Waals surface area contributed by atoms with Crippen LogP contribution in [0.3, 0.4) is 0 Å². The Morgan fingerprint density at radius 3 is 2.71 bits per heavy atom. The van der Waals surface area contributed by atoms with E-state index < -0.39 is 30.4 Å². The standard InChI is InChI=1S/C18H13ClN2O7/c1-27-15(22)8-21-16(23)13(20-18(21)26)7-10-3-5-14(28-10)9-2-4-12(19)11(6-9)17(24)25/h2-7H,8H2,1H3,(H,20,26)(H,24,25)/b13-7-. The zero-order chi connectivity index (χ0) is 20.4. The van der Waals surface area contributed by atoms with Crippen LogP contribution in [0.15, 0.2) is 40.4 Å². The van der Waals surface area contributed by atoms with Gasteiger partial charge >= 0.3 is 18.0 Å². The SMILES string of the molecule is COC(=O)CN1C(=O)N/C(=C\c2ccc(-c3ccc(Cl)c(C(=O)O)c3)o2)C1=O. The molecule has 1 fully saturated rings. The third kappa shape index (κ3) is 3.74. The monoisotopic (exact) mass is 404 g/mol. The highest BCUT2D eigenvalue weighted by Crippen LogP contribution is 2.28. The lowest BCUT2D eigenvalue weighted by atomic mass is 10.1. The maximum absolute atomic E-state index is 12.3. The molecule has 1 aliphatic heterocycles. The molecule has 144 valence electrons. The Hall–Kier alpha value is -3.59. The van der Waals surface area contributed by atoms with Gasteiger partial charge < -0.3 is 19.6 Å². The molecule has 0 aliphatic carbocycles. The van der Waals surface area contributed by atoms with Crippen LogP contribution in [0.4, 0.5) is 4.79 Å². The number of carboxylic acids is 1. The number of urea groups is 1. The van der Waals surface area contributed by atoms with Crippen LogP contribution in [0, 0.1) is 0 Å². The largest absolute Gasteiger partial charge is 0.478 e. The number of benzene rings is 1. The first-order chi connectivity index (χ1) is 13.3. The van der Waals surface area contributed by atoms with Crippen molar-refractivity contribution in [2.45, 2.75) is 0 Å². The third-order valence-corrected chi connectivity index (χ3v) is 4.20. The van der Waals surface area contributed by atoms with E-state index in [1.54, 1.807) is 18.2 Å². The van der Waals surface area contributed by atoms with E-state index in [4.69, 9.17) is 21.1 Å². The molecule has 2 aromatic rings. The van der Waals surface area contributed by atoms with Crippen LogP contribution in [0.25, 0.3) is 17.4 Å². The van der Waals surface area contributed by atoms with E-state index in [1.165, 1.54) is 18.2 Å². The van der Waals surface area contributed by atoms with Crippen molar-refractivity contribution in [3.63, 3.8) is 0 Å². The number of nitrogens with one attached hydrogen (secondary N) is 1. The van der Waals surface area contributed by atoms with Crippen molar-refractivity contribution in [3.05, 3.63) is 52.4 Å². The fourth-order valence-electron chi connectivity index (χ4n) is 2.48. The Labute approximate surface area is 163 Å². The average molecular weight is 405 g/mol. The Morgan fingerprint density at radius 2 is 2.04 bits per heavy atom. The molecule has 0 saturated carbocycles. The normalized spacial score (nSPS) is 15.1. The zero-order valence-corrected chi connectivity index (χ0v) is 15.1. The van der Waals surface area contributed by atoms with Crippen molar-refractivity contribution >= 4 is 41.6 Å². The first kappa shape index (κ1) is 19.2. The number of ether oxygens (including phenoxy) is 1. The van der Waals surface area contributed by atoms with E-state index >= 15 is 0 Å². The minimum atomic E-state index is -1.18. The summed E-state index contributed by atoms with van der Waals surface area (Å²) in [6.45, 7) is -0.509. The van der Waals surface area contributed by atoms with Crippen LogP contribution in [0.1, 0.15) is 16.1 Å². The molecule has 2 N–H and O–H groups in total. The second kappa shape index (κ2) is 7.57. The molecule has 2 heterocycles. The number of imide groups is 1. The van der Waals surface area contributed by atoms with E-state index in [-0.39, 0.29) is 22.0 Å². The predicted molar refractivity (Wildman–Crippen MR) is 96.4 cm³/mol. The zero-order valence-electron chi connectivity index (χ0n) is 14.4. The predicted octanol–water partition coefficient (Wildman–Crippen LogP) is 2.36. The Morgan fingerprint density at radius 1 is 1.29 bits per heavy atom. The molecule has 28 heavy (non-hydrogen) atoms. The van der Waals surface area contributed by atoms with Crippen molar-refractivity contribution in [2.75, 3.05) is 13.7 Å².